The highest BCUT2D eigenvalue weighted by Gasteiger charge is 2.26. The van der Waals surface area contributed by atoms with E-state index in [-0.39, 0.29) is 0 Å². The second-order valence-electron chi connectivity index (χ2n) is 5.93. The van der Waals surface area contributed by atoms with Crippen LogP contribution in [0.25, 0.3) is 0 Å². The van der Waals surface area contributed by atoms with E-state index in [9.17, 15) is 4.79 Å². The molecule has 0 radical (unpaired) electrons. The van der Waals surface area contributed by atoms with Gasteiger partial charge in [-0.25, -0.2) is 0 Å². The zero-order chi connectivity index (χ0) is 12.8. The van der Waals surface area contributed by atoms with Gasteiger partial charge >= 0.3 is 0 Å². The molecule has 1 unspecified atom stereocenters. The fourth-order valence-corrected chi connectivity index (χ4v) is 3.46. The number of rotatable bonds is 5. The first-order valence-corrected chi connectivity index (χ1v) is 7.81. The van der Waals surface area contributed by atoms with E-state index < -0.39 is 0 Å². The number of nitrogens with zero attached hydrogens (tertiary/aromatic N) is 1. The first kappa shape index (κ1) is 13.9. The Bertz CT molecular complexity index is 261. The van der Waals surface area contributed by atoms with Crippen LogP contribution in [-0.4, -0.2) is 36.5 Å². The SMILES string of the molecule is CCC1CCCN1C(=O)CNCC1CCCCC1. The summed E-state index contributed by atoms with van der Waals surface area (Å²) in [7, 11) is 0. The van der Waals surface area contributed by atoms with Gasteiger partial charge in [0.25, 0.3) is 0 Å². The van der Waals surface area contributed by atoms with Crippen LogP contribution in [0.1, 0.15) is 58.3 Å². The lowest BCUT2D eigenvalue weighted by Crippen LogP contribution is -2.42. The Morgan fingerprint density at radius 3 is 2.67 bits per heavy atom. The van der Waals surface area contributed by atoms with Crippen LogP contribution in [0, 0.1) is 5.92 Å². The van der Waals surface area contributed by atoms with E-state index in [0.29, 0.717) is 18.5 Å². The van der Waals surface area contributed by atoms with Gasteiger partial charge in [-0.15, -0.1) is 0 Å². The zero-order valence-electron chi connectivity index (χ0n) is 11.8. The van der Waals surface area contributed by atoms with Crippen LogP contribution >= 0.6 is 0 Å². The van der Waals surface area contributed by atoms with Gasteiger partial charge in [-0.2, -0.15) is 0 Å². The largest absolute Gasteiger partial charge is 0.339 e. The molecule has 3 nitrogen and oxygen atoms in total. The van der Waals surface area contributed by atoms with Crippen molar-refractivity contribution in [2.45, 2.75) is 64.3 Å². The molecule has 0 spiro atoms. The van der Waals surface area contributed by atoms with Crippen LogP contribution in [0.3, 0.4) is 0 Å². The molecule has 2 rings (SSSR count). The molecule has 1 saturated heterocycles. The van der Waals surface area contributed by atoms with Gasteiger partial charge in [-0.3, -0.25) is 4.79 Å². The van der Waals surface area contributed by atoms with Gasteiger partial charge in [0.1, 0.15) is 0 Å². The molecule has 1 amide bonds. The maximum Gasteiger partial charge on any atom is 0.236 e. The highest BCUT2D eigenvalue weighted by molar-refractivity contribution is 5.78. The second kappa shape index (κ2) is 7.13. The first-order valence-electron chi connectivity index (χ1n) is 7.81. The van der Waals surface area contributed by atoms with Gasteiger partial charge in [-0.1, -0.05) is 26.2 Å². The molecule has 1 atom stereocenters. The lowest BCUT2D eigenvalue weighted by Gasteiger charge is -2.25. The molecule has 0 bridgehead atoms. The first-order chi connectivity index (χ1) is 8.81. The molecule has 1 saturated carbocycles. The summed E-state index contributed by atoms with van der Waals surface area (Å²) >= 11 is 0. The fourth-order valence-electron chi connectivity index (χ4n) is 3.46. The number of carbonyl (C=O) groups is 1. The molecular weight excluding hydrogens is 224 g/mol. The molecule has 18 heavy (non-hydrogen) atoms. The molecule has 0 aromatic rings. The van der Waals surface area contributed by atoms with Crippen molar-refractivity contribution >= 4 is 5.91 Å². The Kier molecular flexibility index (Phi) is 5.48. The Morgan fingerprint density at radius 1 is 1.17 bits per heavy atom. The van der Waals surface area contributed by atoms with Crippen molar-refractivity contribution in [2.24, 2.45) is 5.92 Å². The summed E-state index contributed by atoms with van der Waals surface area (Å²) < 4.78 is 0. The normalized spacial score (nSPS) is 25.6. The molecule has 2 fully saturated rings. The van der Waals surface area contributed by atoms with Crippen molar-refractivity contribution in [3.8, 4) is 0 Å². The van der Waals surface area contributed by atoms with Crippen molar-refractivity contribution in [1.29, 1.82) is 0 Å². The third-order valence-electron chi connectivity index (χ3n) is 4.60. The van der Waals surface area contributed by atoms with E-state index in [0.717, 1.165) is 25.4 Å². The minimum atomic E-state index is 0.315. The van der Waals surface area contributed by atoms with Crippen LogP contribution < -0.4 is 5.32 Å². The van der Waals surface area contributed by atoms with Crippen LogP contribution in [0.2, 0.25) is 0 Å². The Labute approximate surface area is 111 Å². The smallest absolute Gasteiger partial charge is 0.236 e. The Hall–Kier alpha value is -0.570. The molecule has 1 heterocycles. The molecule has 3 heteroatoms. The molecular formula is C15H28N2O. The highest BCUT2D eigenvalue weighted by atomic mass is 16.2. The van der Waals surface area contributed by atoms with Crippen molar-refractivity contribution in [2.75, 3.05) is 19.6 Å². The lowest BCUT2D eigenvalue weighted by molar-refractivity contribution is -0.131. The van der Waals surface area contributed by atoms with Crippen molar-refractivity contribution < 1.29 is 4.79 Å². The Balaban J connectivity index is 1.64. The minimum absolute atomic E-state index is 0.315. The van der Waals surface area contributed by atoms with Crippen molar-refractivity contribution in [3.05, 3.63) is 0 Å². The lowest BCUT2D eigenvalue weighted by atomic mass is 9.89. The molecule has 2 aliphatic rings. The Morgan fingerprint density at radius 2 is 1.94 bits per heavy atom. The van der Waals surface area contributed by atoms with Crippen LogP contribution in [0.4, 0.5) is 0 Å². The van der Waals surface area contributed by atoms with Crippen LogP contribution in [0.15, 0.2) is 0 Å². The number of amides is 1. The van der Waals surface area contributed by atoms with E-state index >= 15 is 0 Å². The average Bonchev–Trinajstić information content (AvgIpc) is 2.88. The maximum atomic E-state index is 12.1. The molecule has 1 N–H and O–H groups in total. The summed E-state index contributed by atoms with van der Waals surface area (Å²) in [5.74, 6) is 1.13. The fraction of sp³-hybridized carbons (Fsp3) is 0.933. The zero-order valence-corrected chi connectivity index (χ0v) is 11.8. The third kappa shape index (κ3) is 3.71. The van der Waals surface area contributed by atoms with Crippen molar-refractivity contribution in [1.82, 2.24) is 10.2 Å². The standard InChI is InChI=1S/C15H28N2O/c1-2-14-9-6-10-17(14)15(18)12-16-11-13-7-4-3-5-8-13/h13-14,16H,2-12H2,1H3. The minimum Gasteiger partial charge on any atom is -0.339 e. The predicted octanol–water partition coefficient (Wildman–Crippen LogP) is 2.56. The number of hydrogen-bond acceptors (Lipinski definition) is 2. The van der Waals surface area contributed by atoms with Gasteiger partial charge < -0.3 is 10.2 Å². The van der Waals surface area contributed by atoms with E-state index in [2.05, 4.69) is 17.1 Å². The van der Waals surface area contributed by atoms with Gasteiger partial charge in [0.2, 0.25) is 5.91 Å². The summed E-state index contributed by atoms with van der Waals surface area (Å²) in [4.78, 5) is 14.2. The number of carbonyl (C=O) groups excluding carboxylic acids is 1. The van der Waals surface area contributed by atoms with Gasteiger partial charge in [-0.05, 0) is 44.6 Å². The van der Waals surface area contributed by atoms with E-state index in [1.54, 1.807) is 0 Å². The number of hydrogen-bond donors (Lipinski definition) is 1. The maximum absolute atomic E-state index is 12.1. The van der Waals surface area contributed by atoms with Gasteiger partial charge in [0.05, 0.1) is 6.54 Å². The van der Waals surface area contributed by atoms with Crippen LogP contribution in [-0.2, 0) is 4.79 Å². The number of likely N-dealkylation sites (tertiary alicyclic amines) is 1. The van der Waals surface area contributed by atoms with Gasteiger partial charge in [0, 0.05) is 12.6 Å². The highest BCUT2D eigenvalue weighted by Crippen LogP contribution is 2.23. The molecule has 0 aromatic heterocycles. The average molecular weight is 252 g/mol. The summed E-state index contributed by atoms with van der Waals surface area (Å²) in [6.07, 6.45) is 10.4. The summed E-state index contributed by atoms with van der Waals surface area (Å²) in [6, 6.07) is 0.508. The molecule has 1 aliphatic heterocycles. The summed E-state index contributed by atoms with van der Waals surface area (Å²) in [6.45, 7) is 4.75. The van der Waals surface area contributed by atoms with E-state index in [1.165, 1.54) is 44.9 Å². The van der Waals surface area contributed by atoms with Gasteiger partial charge in [0.15, 0.2) is 0 Å². The third-order valence-corrected chi connectivity index (χ3v) is 4.60. The quantitative estimate of drug-likeness (QED) is 0.815. The second-order valence-corrected chi connectivity index (χ2v) is 5.93. The molecule has 104 valence electrons. The molecule has 0 aromatic carbocycles. The number of nitrogens with one attached hydrogen (secondary N) is 1. The topological polar surface area (TPSA) is 32.3 Å². The predicted molar refractivity (Wildman–Crippen MR) is 74.5 cm³/mol. The monoisotopic (exact) mass is 252 g/mol. The van der Waals surface area contributed by atoms with Crippen molar-refractivity contribution in [3.63, 3.8) is 0 Å². The summed E-state index contributed by atoms with van der Waals surface area (Å²) in [5, 5.41) is 3.39. The summed E-state index contributed by atoms with van der Waals surface area (Å²) in [5.41, 5.74) is 0. The van der Waals surface area contributed by atoms with E-state index in [1.807, 2.05) is 0 Å². The van der Waals surface area contributed by atoms with E-state index in [4.69, 9.17) is 0 Å². The van der Waals surface area contributed by atoms with Crippen LogP contribution in [0.5, 0.6) is 0 Å². The molecule has 1 aliphatic carbocycles.